The number of carbonyl (C=O) groups excluding carboxylic acids is 1. The van der Waals surface area contributed by atoms with E-state index < -0.39 is 4.92 Å². The Bertz CT molecular complexity index is 693. The van der Waals surface area contributed by atoms with Gasteiger partial charge in [-0.1, -0.05) is 12.1 Å². The van der Waals surface area contributed by atoms with Crippen molar-refractivity contribution in [3.05, 3.63) is 46.0 Å². The van der Waals surface area contributed by atoms with Gasteiger partial charge < -0.3 is 9.64 Å². The lowest BCUT2D eigenvalue weighted by Crippen LogP contribution is -2.43. The van der Waals surface area contributed by atoms with Crippen LogP contribution in [-0.2, 0) is 9.53 Å². The molecule has 0 spiro atoms. The Hall–Kier alpha value is -2.76. The molecular formula is C18H22N4O4. The van der Waals surface area contributed by atoms with E-state index in [1.54, 1.807) is 23.1 Å². The fraction of sp³-hybridized carbons (Fsp3) is 0.444. The molecule has 1 saturated heterocycles. The lowest BCUT2D eigenvalue weighted by Gasteiger charge is -2.29. The number of nitrogens with zero attached hydrogens (tertiary/aromatic N) is 4. The van der Waals surface area contributed by atoms with Gasteiger partial charge in [0, 0.05) is 44.9 Å². The Morgan fingerprint density at radius 2 is 2.08 bits per heavy atom. The van der Waals surface area contributed by atoms with E-state index in [4.69, 9.17) is 10.00 Å². The van der Waals surface area contributed by atoms with Crippen molar-refractivity contribution in [2.24, 2.45) is 0 Å². The molecule has 0 saturated carbocycles. The number of nitriles is 1. The summed E-state index contributed by atoms with van der Waals surface area (Å²) in [7, 11) is 0. The minimum atomic E-state index is -0.476. The predicted molar refractivity (Wildman–Crippen MR) is 96.2 cm³/mol. The molecule has 1 aliphatic heterocycles. The van der Waals surface area contributed by atoms with Crippen molar-refractivity contribution in [1.29, 1.82) is 5.26 Å². The van der Waals surface area contributed by atoms with E-state index in [2.05, 4.69) is 4.90 Å². The van der Waals surface area contributed by atoms with E-state index >= 15 is 0 Å². The van der Waals surface area contributed by atoms with Crippen LogP contribution in [0.2, 0.25) is 0 Å². The Kier molecular flexibility index (Phi) is 7.74. The van der Waals surface area contributed by atoms with Gasteiger partial charge in [0.2, 0.25) is 5.91 Å². The zero-order valence-electron chi connectivity index (χ0n) is 14.5. The van der Waals surface area contributed by atoms with Gasteiger partial charge in [0.25, 0.3) is 5.69 Å². The molecule has 0 aliphatic carbocycles. The minimum absolute atomic E-state index is 0.0477. The lowest BCUT2D eigenvalue weighted by molar-refractivity contribution is -0.385. The minimum Gasteiger partial charge on any atom is -0.379 e. The first-order valence-electron chi connectivity index (χ1n) is 8.49. The quantitative estimate of drug-likeness (QED) is 0.398. The highest BCUT2D eigenvalue weighted by Gasteiger charge is 2.16. The van der Waals surface area contributed by atoms with Crippen molar-refractivity contribution in [2.45, 2.75) is 6.42 Å². The maximum atomic E-state index is 12.5. The highest BCUT2D eigenvalue weighted by Crippen LogP contribution is 2.19. The first-order chi connectivity index (χ1) is 12.6. The first kappa shape index (κ1) is 19.6. The predicted octanol–water partition coefficient (Wildman–Crippen LogP) is 1.68. The van der Waals surface area contributed by atoms with Crippen LogP contribution >= 0.6 is 0 Å². The Morgan fingerprint density at radius 3 is 2.77 bits per heavy atom. The summed E-state index contributed by atoms with van der Waals surface area (Å²) in [6, 6.07) is 8.31. The van der Waals surface area contributed by atoms with Gasteiger partial charge in [-0.15, -0.1) is 0 Å². The van der Waals surface area contributed by atoms with E-state index in [1.807, 2.05) is 6.07 Å². The van der Waals surface area contributed by atoms with E-state index in [0.29, 0.717) is 38.4 Å². The van der Waals surface area contributed by atoms with Crippen LogP contribution in [-0.4, -0.2) is 66.6 Å². The largest absolute Gasteiger partial charge is 0.379 e. The highest BCUT2D eigenvalue weighted by atomic mass is 16.6. The molecule has 0 unspecified atom stereocenters. The van der Waals surface area contributed by atoms with Crippen LogP contribution in [0.4, 0.5) is 5.69 Å². The molecule has 8 heteroatoms. The maximum absolute atomic E-state index is 12.5. The van der Waals surface area contributed by atoms with Crippen molar-refractivity contribution < 1.29 is 14.5 Å². The molecule has 0 radical (unpaired) electrons. The number of hydrogen-bond acceptors (Lipinski definition) is 6. The summed E-state index contributed by atoms with van der Waals surface area (Å²) in [5.74, 6) is -0.258. The van der Waals surface area contributed by atoms with Gasteiger partial charge in [0.1, 0.15) is 0 Å². The molecule has 1 amide bonds. The average Bonchev–Trinajstić information content (AvgIpc) is 2.67. The molecule has 1 heterocycles. The summed E-state index contributed by atoms with van der Waals surface area (Å²) < 4.78 is 5.31. The van der Waals surface area contributed by atoms with Crippen LogP contribution < -0.4 is 0 Å². The second kappa shape index (κ2) is 10.3. The monoisotopic (exact) mass is 358 g/mol. The molecule has 138 valence electrons. The molecule has 0 aromatic heterocycles. The standard InChI is InChI=1S/C18H22N4O4/c19-8-3-9-21(11-10-20-12-14-26-15-13-20)18(23)7-6-16-4-1-2-5-17(16)22(24)25/h1-2,4-7H,3,9-15H2. The number of benzene rings is 1. The molecular weight excluding hydrogens is 336 g/mol. The number of para-hydroxylation sites is 1. The molecule has 2 rings (SSSR count). The van der Waals surface area contributed by atoms with Crippen LogP contribution in [0, 0.1) is 21.4 Å². The van der Waals surface area contributed by atoms with Crippen LogP contribution in [0.3, 0.4) is 0 Å². The molecule has 1 aromatic rings. The molecule has 0 atom stereocenters. The van der Waals surface area contributed by atoms with Crippen molar-refractivity contribution in [1.82, 2.24) is 9.80 Å². The number of amides is 1. The zero-order chi connectivity index (χ0) is 18.8. The van der Waals surface area contributed by atoms with E-state index in [-0.39, 0.29) is 18.0 Å². The summed E-state index contributed by atoms with van der Waals surface area (Å²) in [6.45, 7) is 4.56. The number of nitro benzene ring substituents is 1. The van der Waals surface area contributed by atoms with Crippen molar-refractivity contribution in [3.8, 4) is 6.07 Å². The smallest absolute Gasteiger partial charge is 0.276 e. The Labute approximate surface area is 152 Å². The molecule has 8 nitrogen and oxygen atoms in total. The summed E-state index contributed by atoms with van der Waals surface area (Å²) >= 11 is 0. The van der Waals surface area contributed by atoms with Crippen LogP contribution in [0.5, 0.6) is 0 Å². The van der Waals surface area contributed by atoms with Crippen LogP contribution in [0.15, 0.2) is 30.3 Å². The summed E-state index contributed by atoms with van der Waals surface area (Å²) in [5, 5.41) is 19.9. The number of hydrogen-bond donors (Lipinski definition) is 0. The van der Waals surface area contributed by atoms with Gasteiger partial charge >= 0.3 is 0 Å². The summed E-state index contributed by atoms with van der Waals surface area (Å²) in [6.07, 6.45) is 3.03. The molecule has 0 N–H and O–H groups in total. The molecule has 26 heavy (non-hydrogen) atoms. The molecule has 1 aliphatic rings. The van der Waals surface area contributed by atoms with Gasteiger partial charge in [0.15, 0.2) is 0 Å². The first-order valence-corrected chi connectivity index (χ1v) is 8.49. The highest BCUT2D eigenvalue weighted by molar-refractivity contribution is 5.92. The van der Waals surface area contributed by atoms with Gasteiger partial charge in [-0.25, -0.2) is 0 Å². The Morgan fingerprint density at radius 1 is 1.35 bits per heavy atom. The van der Waals surface area contributed by atoms with Gasteiger partial charge in [-0.2, -0.15) is 5.26 Å². The SMILES string of the molecule is N#CCCN(CCN1CCOCC1)C(=O)C=Cc1ccccc1[N+](=O)[O-]. The third kappa shape index (κ3) is 5.95. The van der Waals surface area contributed by atoms with E-state index in [9.17, 15) is 14.9 Å². The maximum Gasteiger partial charge on any atom is 0.276 e. The number of rotatable bonds is 8. The third-order valence-corrected chi connectivity index (χ3v) is 4.13. The second-order valence-corrected chi connectivity index (χ2v) is 5.84. The average molecular weight is 358 g/mol. The second-order valence-electron chi connectivity index (χ2n) is 5.84. The molecule has 1 fully saturated rings. The fourth-order valence-electron chi connectivity index (χ4n) is 2.67. The number of nitro groups is 1. The van der Waals surface area contributed by atoms with E-state index in [1.165, 1.54) is 18.2 Å². The van der Waals surface area contributed by atoms with Gasteiger partial charge in [-0.05, 0) is 12.1 Å². The van der Waals surface area contributed by atoms with Crippen molar-refractivity contribution in [2.75, 3.05) is 45.9 Å². The van der Waals surface area contributed by atoms with Crippen LogP contribution in [0.25, 0.3) is 6.08 Å². The molecule has 0 bridgehead atoms. The number of carbonyl (C=O) groups is 1. The van der Waals surface area contributed by atoms with Crippen molar-refractivity contribution >= 4 is 17.7 Å². The fourth-order valence-corrected chi connectivity index (χ4v) is 2.67. The van der Waals surface area contributed by atoms with E-state index in [0.717, 1.165) is 13.1 Å². The molecule has 1 aromatic carbocycles. The normalized spacial score (nSPS) is 14.9. The summed E-state index contributed by atoms with van der Waals surface area (Å²) in [5.41, 5.74) is 0.327. The number of ether oxygens (including phenoxy) is 1. The van der Waals surface area contributed by atoms with Gasteiger partial charge in [-0.3, -0.25) is 19.8 Å². The summed E-state index contributed by atoms with van der Waals surface area (Å²) in [4.78, 5) is 26.9. The lowest BCUT2D eigenvalue weighted by atomic mass is 10.1. The van der Waals surface area contributed by atoms with Gasteiger partial charge in [0.05, 0.1) is 36.2 Å². The Balaban J connectivity index is 2.01. The van der Waals surface area contributed by atoms with Crippen LogP contribution in [0.1, 0.15) is 12.0 Å². The van der Waals surface area contributed by atoms with Crippen molar-refractivity contribution in [3.63, 3.8) is 0 Å². The third-order valence-electron chi connectivity index (χ3n) is 4.13. The topological polar surface area (TPSA) is 99.7 Å². The number of morpholine rings is 1. The zero-order valence-corrected chi connectivity index (χ0v) is 14.5.